The Balaban J connectivity index is 2.20. The molecule has 0 aliphatic carbocycles. The topological polar surface area (TPSA) is 29.5 Å². The number of halogens is 3. The molecule has 0 aromatic heterocycles. The lowest BCUT2D eigenvalue weighted by Gasteiger charge is -2.43. The van der Waals surface area contributed by atoms with Gasteiger partial charge in [0.25, 0.3) is 0 Å². The number of aromatic hydroxyl groups is 1. The van der Waals surface area contributed by atoms with Gasteiger partial charge in [0.05, 0.1) is 6.61 Å². The molecule has 5 heteroatoms. The molecular weight excluding hydrogens is 221 g/mol. The van der Waals surface area contributed by atoms with Gasteiger partial charge in [0.1, 0.15) is 5.75 Å². The number of phenolic OH excluding ortho intramolecular Hbond substituents is 1. The van der Waals surface area contributed by atoms with Crippen LogP contribution in [0, 0.1) is 0 Å². The largest absolute Gasteiger partial charge is 0.508 e. The first kappa shape index (κ1) is 11.3. The third-order valence-corrected chi connectivity index (χ3v) is 2.80. The molecule has 0 saturated carbocycles. The predicted octanol–water partition coefficient (Wildman–Crippen LogP) is 2.66. The first-order chi connectivity index (χ1) is 7.43. The second-order valence-electron chi connectivity index (χ2n) is 3.94. The van der Waals surface area contributed by atoms with Crippen molar-refractivity contribution in [2.24, 2.45) is 0 Å². The third kappa shape index (κ3) is 1.87. The fraction of sp³-hybridized carbons (Fsp3) is 0.455. The molecule has 1 unspecified atom stereocenters. The molecule has 1 aliphatic heterocycles. The summed E-state index contributed by atoms with van der Waals surface area (Å²) in [6.07, 6.45) is -4.63. The van der Waals surface area contributed by atoms with E-state index >= 15 is 0 Å². The Bertz CT molecular complexity index is 383. The average Bonchev–Trinajstić information content (AvgIpc) is 2.09. The summed E-state index contributed by atoms with van der Waals surface area (Å²) in [4.78, 5) is 0. The Morgan fingerprint density at radius 2 is 2.06 bits per heavy atom. The number of hydrogen-bond donors (Lipinski definition) is 1. The lowest BCUT2D eigenvalue weighted by Crippen LogP contribution is -2.57. The second-order valence-corrected chi connectivity index (χ2v) is 3.94. The van der Waals surface area contributed by atoms with Gasteiger partial charge in [0, 0.05) is 12.8 Å². The third-order valence-electron chi connectivity index (χ3n) is 2.80. The highest BCUT2D eigenvalue weighted by Gasteiger charge is 2.59. The molecule has 1 aromatic rings. The summed E-state index contributed by atoms with van der Waals surface area (Å²) in [6, 6.07) is 5.82. The standard InChI is InChI=1S/C11H11F3O2/c12-11(13,14)10(4-5-16-10)7-8-2-1-3-9(15)6-8/h1-3,6,15H,4-5,7H2. The molecule has 0 spiro atoms. The lowest BCUT2D eigenvalue weighted by molar-refractivity contribution is -0.324. The molecule has 1 heterocycles. The average molecular weight is 232 g/mol. The van der Waals surface area contributed by atoms with Crippen molar-refractivity contribution >= 4 is 0 Å². The molecule has 16 heavy (non-hydrogen) atoms. The maximum absolute atomic E-state index is 12.8. The molecule has 1 saturated heterocycles. The quantitative estimate of drug-likeness (QED) is 0.849. The SMILES string of the molecule is Oc1cccc(CC2(C(F)(F)F)CCO2)c1. The Hall–Kier alpha value is -1.23. The van der Waals surface area contributed by atoms with Crippen LogP contribution in [0.5, 0.6) is 5.75 Å². The van der Waals surface area contributed by atoms with Crippen LogP contribution < -0.4 is 0 Å². The molecule has 2 nitrogen and oxygen atoms in total. The summed E-state index contributed by atoms with van der Waals surface area (Å²) in [7, 11) is 0. The van der Waals surface area contributed by atoms with E-state index in [4.69, 9.17) is 4.74 Å². The molecule has 88 valence electrons. The number of hydrogen-bond acceptors (Lipinski definition) is 2. The van der Waals surface area contributed by atoms with Crippen LogP contribution in [0.4, 0.5) is 13.2 Å². The molecule has 1 atom stereocenters. The maximum Gasteiger partial charge on any atom is 0.417 e. The van der Waals surface area contributed by atoms with Crippen molar-refractivity contribution in [2.45, 2.75) is 24.6 Å². The van der Waals surface area contributed by atoms with Gasteiger partial charge < -0.3 is 9.84 Å². The van der Waals surface area contributed by atoms with Crippen molar-refractivity contribution in [1.29, 1.82) is 0 Å². The molecule has 0 radical (unpaired) electrons. The minimum Gasteiger partial charge on any atom is -0.508 e. The normalized spacial score (nSPS) is 25.2. The Morgan fingerprint density at radius 3 is 2.50 bits per heavy atom. The monoisotopic (exact) mass is 232 g/mol. The van der Waals surface area contributed by atoms with E-state index in [0.29, 0.717) is 5.56 Å². The second kappa shape index (κ2) is 3.66. The van der Waals surface area contributed by atoms with Gasteiger partial charge in [-0.15, -0.1) is 0 Å². The first-order valence-electron chi connectivity index (χ1n) is 4.92. The highest BCUT2D eigenvalue weighted by atomic mass is 19.4. The number of benzene rings is 1. The summed E-state index contributed by atoms with van der Waals surface area (Å²) in [6.45, 7) is 0.137. The first-order valence-corrected chi connectivity index (χ1v) is 4.92. The van der Waals surface area contributed by atoms with Gasteiger partial charge in [-0.05, 0) is 17.7 Å². The molecule has 1 N–H and O–H groups in total. The summed E-state index contributed by atoms with van der Waals surface area (Å²) in [5.74, 6) is -0.0332. The van der Waals surface area contributed by atoms with Gasteiger partial charge >= 0.3 is 6.18 Å². The zero-order valence-electron chi connectivity index (χ0n) is 8.42. The minimum absolute atomic E-state index is 0.0217. The van der Waals surface area contributed by atoms with Crippen molar-refractivity contribution in [3.63, 3.8) is 0 Å². The lowest BCUT2D eigenvalue weighted by atomic mass is 9.86. The predicted molar refractivity (Wildman–Crippen MR) is 51.2 cm³/mol. The number of alkyl halides is 3. The molecular formula is C11H11F3O2. The van der Waals surface area contributed by atoms with Gasteiger partial charge in [-0.3, -0.25) is 0 Å². The van der Waals surface area contributed by atoms with E-state index in [0.717, 1.165) is 0 Å². The van der Waals surface area contributed by atoms with E-state index in [9.17, 15) is 18.3 Å². The van der Waals surface area contributed by atoms with Crippen molar-refractivity contribution in [3.05, 3.63) is 29.8 Å². The summed E-state index contributed by atoms with van der Waals surface area (Å²) in [5.41, 5.74) is -1.63. The smallest absolute Gasteiger partial charge is 0.417 e. The number of ether oxygens (including phenoxy) is 1. The van der Waals surface area contributed by atoms with E-state index in [-0.39, 0.29) is 25.2 Å². The van der Waals surface area contributed by atoms with Gasteiger partial charge in [0.15, 0.2) is 5.60 Å². The van der Waals surface area contributed by atoms with Crippen LogP contribution in [0.3, 0.4) is 0 Å². The summed E-state index contributed by atoms with van der Waals surface area (Å²) in [5, 5.41) is 9.18. The fourth-order valence-corrected chi connectivity index (χ4v) is 1.81. The van der Waals surface area contributed by atoms with Crippen LogP contribution in [0.1, 0.15) is 12.0 Å². The molecule has 0 bridgehead atoms. The zero-order valence-corrected chi connectivity index (χ0v) is 8.42. The van der Waals surface area contributed by atoms with Gasteiger partial charge in [-0.2, -0.15) is 13.2 Å². The van der Waals surface area contributed by atoms with Crippen molar-refractivity contribution in [3.8, 4) is 5.75 Å². The van der Waals surface area contributed by atoms with Crippen LogP contribution in [0.2, 0.25) is 0 Å². The highest BCUT2D eigenvalue weighted by Crippen LogP contribution is 2.44. The maximum atomic E-state index is 12.8. The van der Waals surface area contributed by atoms with E-state index in [1.54, 1.807) is 6.07 Å². The van der Waals surface area contributed by atoms with E-state index < -0.39 is 11.8 Å². The fourth-order valence-electron chi connectivity index (χ4n) is 1.81. The van der Waals surface area contributed by atoms with E-state index in [1.807, 2.05) is 0 Å². The van der Waals surface area contributed by atoms with Crippen LogP contribution >= 0.6 is 0 Å². The van der Waals surface area contributed by atoms with Gasteiger partial charge in [-0.25, -0.2) is 0 Å². The Morgan fingerprint density at radius 1 is 1.38 bits per heavy atom. The zero-order chi connectivity index (χ0) is 11.8. The van der Waals surface area contributed by atoms with E-state index in [2.05, 4.69) is 0 Å². The summed E-state index contributed by atoms with van der Waals surface area (Å²) >= 11 is 0. The molecule has 0 amide bonds. The van der Waals surface area contributed by atoms with Crippen LogP contribution in [-0.4, -0.2) is 23.5 Å². The van der Waals surface area contributed by atoms with Crippen molar-refractivity contribution in [1.82, 2.24) is 0 Å². The van der Waals surface area contributed by atoms with Gasteiger partial charge in [0.2, 0.25) is 0 Å². The minimum atomic E-state index is -4.36. The van der Waals surface area contributed by atoms with Crippen LogP contribution in [-0.2, 0) is 11.2 Å². The van der Waals surface area contributed by atoms with E-state index in [1.165, 1.54) is 18.2 Å². The van der Waals surface area contributed by atoms with Crippen LogP contribution in [0.15, 0.2) is 24.3 Å². The number of phenols is 1. The van der Waals surface area contributed by atoms with Gasteiger partial charge in [-0.1, -0.05) is 12.1 Å². The van der Waals surface area contributed by atoms with Crippen molar-refractivity contribution in [2.75, 3.05) is 6.61 Å². The van der Waals surface area contributed by atoms with Crippen molar-refractivity contribution < 1.29 is 23.0 Å². The Labute approximate surface area is 90.7 Å². The summed E-state index contributed by atoms with van der Waals surface area (Å²) < 4.78 is 43.0. The molecule has 1 aliphatic rings. The molecule has 2 rings (SSSR count). The van der Waals surface area contributed by atoms with Crippen LogP contribution in [0.25, 0.3) is 0 Å². The molecule has 1 fully saturated rings. The number of rotatable bonds is 2. The Kier molecular flexibility index (Phi) is 2.58. The highest BCUT2D eigenvalue weighted by molar-refractivity contribution is 5.29. The molecule has 1 aromatic carbocycles.